The van der Waals surface area contributed by atoms with Crippen LogP contribution in [0.4, 0.5) is 46.4 Å². The van der Waals surface area contributed by atoms with Gasteiger partial charge in [-0.15, -0.1) is 0 Å². The fourth-order valence-corrected chi connectivity index (χ4v) is 2.42. The largest absolute Gasteiger partial charge is 0.421 e. The van der Waals surface area contributed by atoms with Crippen LogP contribution in [0.15, 0.2) is 61.7 Å². The third-order valence-electron chi connectivity index (χ3n) is 3.83. The third kappa shape index (κ3) is 4.93. The Morgan fingerprint density at radius 2 is 1.93 bits per heavy atom. The number of nitrogens with one attached hydrogen (secondary N) is 3. The Hall–Kier alpha value is -3.89. The van der Waals surface area contributed by atoms with Gasteiger partial charge in [-0.1, -0.05) is 13.2 Å². The van der Waals surface area contributed by atoms with Crippen molar-refractivity contribution < 1.29 is 17.6 Å². The lowest BCUT2D eigenvalue weighted by atomic mass is 10.2. The zero-order valence-corrected chi connectivity index (χ0v) is 15.8. The summed E-state index contributed by atoms with van der Waals surface area (Å²) in [4.78, 5) is 7.57. The number of alkyl halides is 3. The highest BCUT2D eigenvalue weighted by atomic mass is 19.4. The number of aryl methyl sites for hydroxylation is 1. The van der Waals surface area contributed by atoms with E-state index in [0.717, 1.165) is 6.07 Å². The lowest BCUT2D eigenvalue weighted by Crippen LogP contribution is -2.13. The first-order valence-corrected chi connectivity index (χ1v) is 8.50. The summed E-state index contributed by atoms with van der Waals surface area (Å²) >= 11 is 0. The van der Waals surface area contributed by atoms with E-state index >= 15 is 0 Å². The predicted octanol–water partition coefficient (Wildman–Crippen LogP) is 4.97. The molecule has 1 aromatic carbocycles. The molecule has 156 valence electrons. The van der Waals surface area contributed by atoms with Crippen LogP contribution in [0.5, 0.6) is 0 Å². The smallest absolute Gasteiger partial charge is 0.356 e. The van der Waals surface area contributed by atoms with Gasteiger partial charge in [0, 0.05) is 30.8 Å². The van der Waals surface area contributed by atoms with E-state index in [2.05, 4.69) is 44.2 Å². The number of benzene rings is 1. The molecule has 3 rings (SSSR count). The van der Waals surface area contributed by atoms with E-state index in [1.807, 2.05) is 0 Å². The average molecular weight is 419 g/mol. The summed E-state index contributed by atoms with van der Waals surface area (Å²) in [5.41, 5.74) is -0.0435. The average Bonchev–Trinajstić information content (AvgIpc) is 3.08. The summed E-state index contributed by atoms with van der Waals surface area (Å²) in [5.74, 6) is -1.49. The molecule has 3 aromatic rings. The number of anilines is 5. The monoisotopic (exact) mass is 419 g/mol. The summed E-state index contributed by atoms with van der Waals surface area (Å²) in [5, 5.41) is 11.9. The van der Waals surface area contributed by atoms with Crippen LogP contribution in [0.1, 0.15) is 5.56 Å². The van der Waals surface area contributed by atoms with Crippen molar-refractivity contribution in [2.75, 3.05) is 16.0 Å². The van der Waals surface area contributed by atoms with Crippen molar-refractivity contribution in [3.63, 3.8) is 0 Å². The minimum absolute atomic E-state index is 0.117. The fourth-order valence-electron chi connectivity index (χ4n) is 2.42. The first kappa shape index (κ1) is 20.8. The Morgan fingerprint density at radius 3 is 2.57 bits per heavy atom. The van der Waals surface area contributed by atoms with Gasteiger partial charge in [-0.3, -0.25) is 4.68 Å². The minimum atomic E-state index is -4.75. The fraction of sp³-hybridized carbons (Fsp3) is 0.105. The maximum absolute atomic E-state index is 14.3. The Kier molecular flexibility index (Phi) is 5.72. The SMILES string of the molecule is C=CC(=C)Nc1ccc(F)c(Nc2nc(Nc3cnn(C)c3)ncc2C(F)(F)F)c1. The zero-order valence-electron chi connectivity index (χ0n) is 15.8. The van der Waals surface area contributed by atoms with Crippen LogP contribution in [0.3, 0.4) is 0 Å². The van der Waals surface area contributed by atoms with Crippen LogP contribution < -0.4 is 16.0 Å². The molecule has 0 aliphatic carbocycles. The molecule has 7 nitrogen and oxygen atoms in total. The predicted molar refractivity (Wildman–Crippen MR) is 106 cm³/mol. The van der Waals surface area contributed by atoms with Crippen LogP contribution in [0, 0.1) is 5.82 Å². The van der Waals surface area contributed by atoms with Gasteiger partial charge in [0.2, 0.25) is 5.95 Å². The van der Waals surface area contributed by atoms with Crippen molar-refractivity contribution in [3.05, 3.63) is 73.1 Å². The van der Waals surface area contributed by atoms with Crippen molar-refractivity contribution in [2.45, 2.75) is 6.18 Å². The molecule has 30 heavy (non-hydrogen) atoms. The number of rotatable bonds is 7. The van der Waals surface area contributed by atoms with Crippen LogP contribution in [0.2, 0.25) is 0 Å². The summed E-state index contributed by atoms with van der Waals surface area (Å²) in [6.45, 7) is 7.22. The van der Waals surface area contributed by atoms with E-state index in [0.29, 0.717) is 23.3 Å². The molecule has 2 aromatic heterocycles. The van der Waals surface area contributed by atoms with Gasteiger partial charge in [-0.05, 0) is 24.3 Å². The van der Waals surface area contributed by atoms with E-state index in [1.54, 1.807) is 13.2 Å². The molecular weight excluding hydrogens is 402 g/mol. The highest BCUT2D eigenvalue weighted by molar-refractivity contribution is 5.67. The minimum Gasteiger partial charge on any atom is -0.356 e. The Labute approximate surface area is 169 Å². The van der Waals surface area contributed by atoms with E-state index in [4.69, 9.17) is 0 Å². The number of aromatic nitrogens is 4. The molecule has 0 saturated carbocycles. The van der Waals surface area contributed by atoms with Crippen LogP contribution in [-0.2, 0) is 13.2 Å². The Morgan fingerprint density at radius 1 is 1.17 bits per heavy atom. The van der Waals surface area contributed by atoms with Gasteiger partial charge in [-0.2, -0.15) is 23.3 Å². The molecule has 0 bridgehead atoms. The Balaban J connectivity index is 1.96. The van der Waals surface area contributed by atoms with Gasteiger partial charge in [0.25, 0.3) is 0 Å². The molecule has 3 N–H and O–H groups in total. The van der Waals surface area contributed by atoms with Crippen LogP contribution in [0.25, 0.3) is 0 Å². The van der Waals surface area contributed by atoms with Crippen LogP contribution >= 0.6 is 0 Å². The van der Waals surface area contributed by atoms with E-state index in [9.17, 15) is 17.6 Å². The van der Waals surface area contributed by atoms with Gasteiger partial charge < -0.3 is 16.0 Å². The maximum atomic E-state index is 14.3. The van der Waals surface area contributed by atoms with Gasteiger partial charge in [0.15, 0.2) is 0 Å². The van der Waals surface area contributed by atoms with Crippen molar-refractivity contribution in [2.24, 2.45) is 7.05 Å². The number of halogens is 4. The number of hydrogen-bond donors (Lipinski definition) is 3. The third-order valence-corrected chi connectivity index (χ3v) is 3.83. The van der Waals surface area contributed by atoms with Gasteiger partial charge >= 0.3 is 6.18 Å². The van der Waals surface area contributed by atoms with Crippen molar-refractivity contribution >= 4 is 28.8 Å². The lowest BCUT2D eigenvalue weighted by molar-refractivity contribution is -0.137. The first-order valence-electron chi connectivity index (χ1n) is 8.50. The van der Waals surface area contributed by atoms with E-state index < -0.39 is 23.4 Å². The van der Waals surface area contributed by atoms with E-state index in [1.165, 1.54) is 29.1 Å². The topological polar surface area (TPSA) is 79.7 Å². The van der Waals surface area contributed by atoms with Crippen molar-refractivity contribution in [3.8, 4) is 0 Å². The van der Waals surface area contributed by atoms with Crippen molar-refractivity contribution in [1.29, 1.82) is 0 Å². The summed E-state index contributed by atoms with van der Waals surface area (Å²) < 4.78 is 56.0. The highest BCUT2D eigenvalue weighted by Crippen LogP contribution is 2.36. The molecule has 0 saturated heterocycles. The van der Waals surface area contributed by atoms with Gasteiger partial charge in [0.05, 0.1) is 17.6 Å². The second-order valence-electron chi connectivity index (χ2n) is 6.16. The van der Waals surface area contributed by atoms with Crippen LogP contribution in [-0.4, -0.2) is 19.7 Å². The molecule has 0 aliphatic heterocycles. The van der Waals surface area contributed by atoms with Gasteiger partial charge in [0.1, 0.15) is 17.2 Å². The second-order valence-corrected chi connectivity index (χ2v) is 6.16. The lowest BCUT2D eigenvalue weighted by Gasteiger charge is -2.16. The second kappa shape index (κ2) is 8.23. The quantitative estimate of drug-likeness (QED) is 0.371. The summed E-state index contributed by atoms with van der Waals surface area (Å²) in [7, 11) is 1.68. The Bertz CT molecular complexity index is 1090. The molecule has 0 aliphatic rings. The molecule has 0 unspecified atom stereocenters. The standard InChI is InChI=1S/C19H17F4N7/c1-4-11(2)26-12-5-6-15(20)16(7-12)28-17-14(19(21,22)23)9-24-18(29-17)27-13-8-25-30(3)10-13/h4-10,26H,1-2H2,3H3,(H2,24,27,28,29). The molecule has 2 heterocycles. The summed E-state index contributed by atoms with van der Waals surface area (Å²) in [6.07, 6.45) is 0.357. The molecular formula is C19H17F4N7. The van der Waals surface area contributed by atoms with Gasteiger partial charge in [-0.25, -0.2) is 9.37 Å². The normalized spacial score (nSPS) is 11.1. The molecule has 0 radical (unpaired) electrons. The first-order chi connectivity index (χ1) is 14.2. The van der Waals surface area contributed by atoms with E-state index in [-0.39, 0.29) is 11.6 Å². The number of nitrogens with zero attached hydrogens (tertiary/aromatic N) is 4. The molecule has 0 atom stereocenters. The number of allylic oxidation sites excluding steroid dienone is 1. The molecule has 11 heteroatoms. The molecule has 0 fully saturated rings. The summed E-state index contributed by atoms with van der Waals surface area (Å²) in [6, 6.07) is 3.81. The zero-order chi connectivity index (χ0) is 21.9. The molecule has 0 amide bonds. The maximum Gasteiger partial charge on any atom is 0.421 e. The van der Waals surface area contributed by atoms with Crippen molar-refractivity contribution in [1.82, 2.24) is 19.7 Å². The highest BCUT2D eigenvalue weighted by Gasteiger charge is 2.35. The molecule has 0 spiro atoms. The number of hydrogen-bond acceptors (Lipinski definition) is 6.